The third kappa shape index (κ3) is 3.38. The van der Waals surface area contributed by atoms with Gasteiger partial charge in [-0.05, 0) is 59.3 Å². The highest BCUT2D eigenvalue weighted by Gasteiger charge is 2.10. The lowest BCUT2D eigenvalue weighted by atomic mass is 10.1. The summed E-state index contributed by atoms with van der Waals surface area (Å²) < 4.78 is 1.09. The highest BCUT2D eigenvalue weighted by Crippen LogP contribution is 2.30. The van der Waals surface area contributed by atoms with Crippen molar-refractivity contribution in [3.05, 3.63) is 56.1 Å². The molecule has 0 aromatic heterocycles. The minimum absolute atomic E-state index is 0.368. The van der Waals surface area contributed by atoms with Crippen molar-refractivity contribution in [2.24, 2.45) is 5.73 Å². The largest absolute Gasteiger partial charge is 0.389 e. The molecule has 0 aliphatic carbocycles. The Labute approximate surface area is 136 Å². The summed E-state index contributed by atoms with van der Waals surface area (Å²) in [5, 5.41) is 3.99. The first kappa shape index (κ1) is 14.6. The first-order valence-corrected chi connectivity index (χ1v) is 7.47. The Bertz CT molecular complexity index is 643. The van der Waals surface area contributed by atoms with Crippen LogP contribution in [0.15, 0.2) is 36.4 Å². The average molecular weight is 403 g/mol. The van der Waals surface area contributed by atoms with Gasteiger partial charge < -0.3 is 11.1 Å². The minimum Gasteiger partial charge on any atom is -0.389 e. The van der Waals surface area contributed by atoms with Crippen LogP contribution in [0.4, 0.5) is 11.4 Å². The van der Waals surface area contributed by atoms with Crippen LogP contribution in [0.1, 0.15) is 11.1 Å². The van der Waals surface area contributed by atoms with Crippen molar-refractivity contribution in [2.45, 2.75) is 6.92 Å². The molecule has 0 saturated carbocycles. The number of nitrogens with one attached hydrogen (secondary N) is 1. The zero-order valence-electron chi connectivity index (χ0n) is 10.2. The first-order chi connectivity index (χ1) is 8.99. The van der Waals surface area contributed by atoms with Crippen molar-refractivity contribution < 1.29 is 0 Å². The normalized spacial score (nSPS) is 10.3. The van der Waals surface area contributed by atoms with Crippen LogP contribution >= 0.6 is 46.4 Å². The number of hydrogen-bond acceptors (Lipinski definition) is 2. The van der Waals surface area contributed by atoms with Gasteiger partial charge in [-0.2, -0.15) is 0 Å². The Morgan fingerprint density at radius 2 is 2.05 bits per heavy atom. The van der Waals surface area contributed by atoms with Crippen LogP contribution in [0.5, 0.6) is 0 Å². The lowest BCUT2D eigenvalue weighted by Gasteiger charge is -2.15. The smallest absolute Gasteiger partial charge is 0.106 e. The lowest BCUT2D eigenvalue weighted by Crippen LogP contribution is -2.12. The van der Waals surface area contributed by atoms with E-state index in [1.54, 1.807) is 0 Å². The molecular weight excluding hydrogens is 391 g/mol. The van der Waals surface area contributed by atoms with Crippen molar-refractivity contribution >= 4 is 62.8 Å². The fraction of sp³-hybridized carbons (Fsp3) is 0.0714. The van der Waals surface area contributed by atoms with E-state index >= 15 is 0 Å². The average Bonchev–Trinajstić information content (AvgIpc) is 2.34. The van der Waals surface area contributed by atoms with E-state index < -0.39 is 0 Å². The van der Waals surface area contributed by atoms with Gasteiger partial charge in [-0.25, -0.2) is 0 Å². The summed E-state index contributed by atoms with van der Waals surface area (Å²) in [6, 6.07) is 11.7. The summed E-state index contributed by atoms with van der Waals surface area (Å²) in [6.45, 7) is 2.00. The number of aryl methyl sites for hydroxylation is 1. The van der Waals surface area contributed by atoms with E-state index in [4.69, 9.17) is 29.6 Å². The van der Waals surface area contributed by atoms with E-state index in [1.807, 2.05) is 43.3 Å². The van der Waals surface area contributed by atoms with Crippen LogP contribution in [0.25, 0.3) is 0 Å². The molecule has 2 aromatic rings. The van der Waals surface area contributed by atoms with E-state index in [-0.39, 0.29) is 0 Å². The molecule has 0 saturated heterocycles. The van der Waals surface area contributed by atoms with Gasteiger partial charge in [0.2, 0.25) is 0 Å². The monoisotopic (exact) mass is 402 g/mol. The standard InChI is InChI=1S/C14H12ClIN2S/c1-8-3-2-4-10(14(17)19)13(8)18-12-6-5-9(16)7-11(12)15/h2-7,18H,1H3,(H2,17,19). The molecule has 5 heteroatoms. The second kappa shape index (κ2) is 6.07. The number of rotatable bonds is 3. The molecule has 19 heavy (non-hydrogen) atoms. The van der Waals surface area contributed by atoms with Crippen LogP contribution in [-0.4, -0.2) is 4.99 Å². The Hall–Kier alpha value is -0.850. The van der Waals surface area contributed by atoms with E-state index in [0.29, 0.717) is 10.0 Å². The summed E-state index contributed by atoms with van der Waals surface area (Å²) in [7, 11) is 0. The van der Waals surface area contributed by atoms with Gasteiger partial charge in [-0.15, -0.1) is 0 Å². The van der Waals surface area contributed by atoms with Gasteiger partial charge >= 0.3 is 0 Å². The molecular formula is C14H12ClIN2S. The molecule has 98 valence electrons. The second-order valence-electron chi connectivity index (χ2n) is 4.11. The molecule has 2 rings (SSSR count). The maximum absolute atomic E-state index is 6.23. The van der Waals surface area contributed by atoms with E-state index in [1.165, 1.54) is 0 Å². The summed E-state index contributed by atoms with van der Waals surface area (Å²) in [4.78, 5) is 0.368. The summed E-state index contributed by atoms with van der Waals surface area (Å²) in [6.07, 6.45) is 0. The molecule has 0 aliphatic heterocycles. The van der Waals surface area contributed by atoms with Crippen molar-refractivity contribution in [2.75, 3.05) is 5.32 Å². The van der Waals surface area contributed by atoms with Crippen molar-refractivity contribution in [3.8, 4) is 0 Å². The third-order valence-corrected chi connectivity index (χ3v) is 3.93. The molecule has 0 unspecified atom stereocenters. The molecule has 3 N–H and O–H groups in total. The number of benzene rings is 2. The summed E-state index contributed by atoms with van der Waals surface area (Å²) in [5.41, 5.74) is 9.39. The molecule has 0 bridgehead atoms. The van der Waals surface area contributed by atoms with Gasteiger partial charge in [0.1, 0.15) is 4.99 Å². The zero-order chi connectivity index (χ0) is 14.0. The van der Waals surface area contributed by atoms with E-state index in [9.17, 15) is 0 Å². The van der Waals surface area contributed by atoms with Crippen molar-refractivity contribution in [1.82, 2.24) is 0 Å². The van der Waals surface area contributed by atoms with Crippen LogP contribution in [0.3, 0.4) is 0 Å². The second-order valence-corrected chi connectivity index (χ2v) is 6.20. The first-order valence-electron chi connectivity index (χ1n) is 5.60. The highest BCUT2D eigenvalue weighted by atomic mass is 127. The SMILES string of the molecule is Cc1cccc(C(N)=S)c1Nc1ccc(I)cc1Cl. The predicted octanol–water partition coefficient (Wildman–Crippen LogP) is 4.63. The van der Waals surface area contributed by atoms with Gasteiger partial charge in [0.05, 0.1) is 16.4 Å². The van der Waals surface area contributed by atoms with Gasteiger partial charge in [-0.3, -0.25) is 0 Å². The molecule has 0 heterocycles. The van der Waals surface area contributed by atoms with Gasteiger partial charge in [0.25, 0.3) is 0 Å². The van der Waals surface area contributed by atoms with Crippen LogP contribution in [0.2, 0.25) is 5.02 Å². The number of anilines is 2. The molecule has 0 atom stereocenters. The quantitative estimate of drug-likeness (QED) is 0.581. The highest BCUT2D eigenvalue weighted by molar-refractivity contribution is 14.1. The number of thiocarbonyl (C=S) groups is 1. The number of para-hydroxylation sites is 1. The zero-order valence-corrected chi connectivity index (χ0v) is 13.9. The fourth-order valence-electron chi connectivity index (χ4n) is 1.76. The molecule has 2 aromatic carbocycles. The predicted molar refractivity (Wildman–Crippen MR) is 94.5 cm³/mol. The van der Waals surface area contributed by atoms with Crippen molar-refractivity contribution in [1.29, 1.82) is 0 Å². The van der Waals surface area contributed by atoms with E-state index in [0.717, 1.165) is 26.1 Å². The molecule has 0 aliphatic rings. The fourth-order valence-corrected chi connectivity index (χ4v) is 2.84. The topological polar surface area (TPSA) is 38.0 Å². The van der Waals surface area contributed by atoms with Crippen LogP contribution in [-0.2, 0) is 0 Å². The van der Waals surface area contributed by atoms with Gasteiger partial charge in [-0.1, -0.05) is 36.0 Å². The number of nitrogens with two attached hydrogens (primary N) is 1. The van der Waals surface area contributed by atoms with Gasteiger partial charge in [0.15, 0.2) is 0 Å². The maximum Gasteiger partial charge on any atom is 0.106 e. The number of hydrogen-bond donors (Lipinski definition) is 2. The Balaban J connectivity index is 2.46. The number of halogens is 2. The molecule has 0 spiro atoms. The van der Waals surface area contributed by atoms with E-state index in [2.05, 4.69) is 27.9 Å². The molecule has 0 radical (unpaired) electrons. The molecule has 0 amide bonds. The lowest BCUT2D eigenvalue weighted by molar-refractivity contribution is 1.41. The van der Waals surface area contributed by atoms with Crippen molar-refractivity contribution in [3.63, 3.8) is 0 Å². The minimum atomic E-state index is 0.368. The summed E-state index contributed by atoms with van der Waals surface area (Å²) >= 11 is 13.5. The Morgan fingerprint density at radius 3 is 2.68 bits per heavy atom. The van der Waals surface area contributed by atoms with Crippen LogP contribution in [0, 0.1) is 10.5 Å². The molecule has 0 fully saturated rings. The Morgan fingerprint density at radius 1 is 1.32 bits per heavy atom. The third-order valence-electron chi connectivity index (χ3n) is 2.73. The molecule has 2 nitrogen and oxygen atoms in total. The summed E-state index contributed by atoms with van der Waals surface area (Å²) in [5.74, 6) is 0. The maximum atomic E-state index is 6.23. The van der Waals surface area contributed by atoms with Gasteiger partial charge in [0, 0.05) is 9.13 Å². The van der Waals surface area contributed by atoms with Crippen LogP contribution < -0.4 is 11.1 Å². The Kier molecular flexibility index (Phi) is 4.65.